The SMILES string of the molecule is N#CC1(Cl)CC1(Br)Cc1ccccc1. The summed E-state index contributed by atoms with van der Waals surface area (Å²) < 4.78 is -0.225. The molecule has 14 heavy (non-hydrogen) atoms. The van der Waals surface area contributed by atoms with E-state index in [1.165, 1.54) is 5.56 Å². The largest absolute Gasteiger partial charge is 0.196 e. The van der Waals surface area contributed by atoms with E-state index in [1.54, 1.807) is 0 Å². The second kappa shape index (κ2) is 3.25. The lowest BCUT2D eigenvalue weighted by Crippen LogP contribution is -2.15. The minimum absolute atomic E-state index is 0.225. The molecule has 0 bridgehead atoms. The standard InChI is InChI=1S/C11H9BrClN/c12-10(7-11(10,13)8-14)6-9-4-2-1-3-5-9/h1-5H,6-7H2. The Morgan fingerprint density at radius 1 is 1.43 bits per heavy atom. The summed E-state index contributed by atoms with van der Waals surface area (Å²) in [7, 11) is 0. The second-order valence-electron chi connectivity index (χ2n) is 3.72. The summed E-state index contributed by atoms with van der Waals surface area (Å²) in [6, 6.07) is 12.2. The highest BCUT2D eigenvalue weighted by molar-refractivity contribution is 9.10. The van der Waals surface area contributed by atoms with Crippen LogP contribution in [-0.4, -0.2) is 9.20 Å². The van der Waals surface area contributed by atoms with Crippen molar-refractivity contribution in [3.8, 4) is 6.07 Å². The average Bonchev–Trinajstić information content (AvgIpc) is 2.71. The molecule has 0 amide bonds. The quantitative estimate of drug-likeness (QED) is 0.757. The van der Waals surface area contributed by atoms with Gasteiger partial charge in [-0.15, -0.1) is 11.6 Å². The van der Waals surface area contributed by atoms with Gasteiger partial charge in [0.2, 0.25) is 0 Å². The van der Waals surface area contributed by atoms with Crippen LogP contribution in [0.2, 0.25) is 0 Å². The Kier molecular flexibility index (Phi) is 2.33. The van der Waals surface area contributed by atoms with E-state index in [0.29, 0.717) is 6.42 Å². The van der Waals surface area contributed by atoms with Crippen molar-refractivity contribution in [3.63, 3.8) is 0 Å². The van der Waals surface area contributed by atoms with Crippen LogP contribution in [0.4, 0.5) is 0 Å². The summed E-state index contributed by atoms with van der Waals surface area (Å²) in [6.45, 7) is 0. The fraction of sp³-hybridized carbons (Fsp3) is 0.364. The molecular formula is C11H9BrClN. The first-order valence-corrected chi connectivity index (χ1v) is 5.60. The zero-order valence-corrected chi connectivity index (χ0v) is 9.85. The van der Waals surface area contributed by atoms with Crippen molar-refractivity contribution >= 4 is 27.5 Å². The van der Waals surface area contributed by atoms with E-state index >= 15 is 0 Å². The number of halogens is 2. The van der Waals surface area contributed by atoms with Gasteiger partial charge in [0.25, 0.3) is 0 Å². The molecule has 2 atom stereocenters. The van der Waals surface area contributed by atoms with Gasteiger partial charge in [-0.1, -0.05) is 46.3 Å². The Hall–Kier alpha value is -0.520. The minimum atomic E-state index is -0.706. The van der Waals surface area contributed by atoms with E-state index in [-0.39, 0.29) is 4.32 Å². The third kappa shape index (κ3) is 1.55. The van der Waals surface area contributed by atoms with Crippen molar-refractivity contribution in [2.24, 2.45) is 0 Å². The number of benzene rings is 1. The van der Waals surface area contributed by atoms with Crippen molar-refractivity contribution in [2.75, 3.05) is 0 Å². The van der Waals surface area contributed by atoms with Crippen molar-refractivity contribution in [3.05, 3.63) is 35.9 Å². The lowest BCUT2D eigenvalue weighted by Gasteiger charge is -2.09. The molecule has 1 aromatic rings. The topological polar surface area (TPSA) is 23.8 Å². The maximum atomic E-state index is 8.87. The smallest absolute Gasteiger partial charge is 0.148 e. The summed E-state index contributed by atoms with van der Waals surface area (Å²) in [5.41, 5.74) is 1.21. The molecule has 0 spiro atoms. The van der Waals surface area contributed by atoms with Gasteiger partial charge in [0.1, 0.15) is 4.87 Å². The number of nitrogens with zero attached hydrogens (tertiary/aromatic N) is 1. The minimum Gasteiger partial charge on any atom is -0.196 e. The van der Waals surface area contributed by atoms with Gasteiger partial charge in [0, 0.05) is 0 Å². The van der Waals surface area contributed by atoms with Crippen molar-refractivity contribution in [2.45, 2.75) is 22.0 Å². The van der Waals surface area contributed by atoms with Crippen LogP contribution in [0.15, 0.2) is 30.3 Å². The number of alkyl halides is 2. The summed E-state index contributed by atoms with van der Waals surface area (Å²) in [6.07, 6.45) is 1.53. The molecule has 0 saturated heterocycles. The van der Waals surface area contributed by atoms with Crippen LogP contribution in [0.1, 0.15) is 12.0 Å². The maximum absolute atomic E-state index is 8.87. The van der Waals surface area contributed by atoms with Gasteiger partial charge in [0.05, 0.1) is 10.4 Å². The zero-order valence-electron chi connectivity index (χ0n) is 7.50. The van der Waals surface area contributed by atoms with Crippen LogP contribution in [0, 0.1) is 11.3 Å². The van der Waals surface area contributed by atoms with E-state index in [2.05, 4.69) is 34.1 Å². The fourth-order valence-corrected chi connectivity index (χ4v) is 2.89. The molecule has 0 aliphatic heterocycles. The number of hydrogen-bond acceptors (Lipinski definition) is 1. The van der Waals surface area contributed by atoms with Crippen molar-refractivity contribution in [1.82, 2.24) is 0 Å². The van der Waals surface area contributed by atoms with Gasteiger partial charge in [-0.25, -0.2) is 0 Å². The van der Waals surface area contributed by atoms with Gasteiger partial charge >= 0.3 is 0 Å². The Morgan fingerprint density at radius 3 is 2.57 bits per heavy atom. The fourth-order valence-electron chi connectivity index (χ4n) is 1.60. The molecule has 2 rings (SSSR count). The van der Waals surface area contributed by atoms with E-state index in [4.69, 9.17) is 16.9 Å². The van der Waals surface area contributed by atoms with E-state index < -0.39 is 4.87 Å². The molecule has 1 saturated carbocycles. The average molecular weight is 271 g/mol. The summed E-state index contributed by atoms with van der Waals surface area (Å²) in [4.78, 5) is -0.706. The first-order chi connectivity index (χ1) is 6.60. The summed E-state index contributed by atoms with van der Waals surface area (Å²) in [5.74, 6) is 0. The third-order valence-electron chi connectivity index (χ3n) is 2.61. The lowest BCUT2D eigenvalue weighted by molar-refractivity contribution is 0.874. The molecule has 3 heteroatoms. The van der Waals surface area contributed by atoms with Gasteiger partial charge < -0.3 is 0 Å². The molecule has 0 radical (unpaired) electrons. The predicted octanol–water partition coefficient (Wildman–Crippen LogP) is 3.27. The Bertz CT molecular complexity index is 386. The Balaban J connectivity index is 2.12. The van der Waals surface area contributed by atoms with Crippen LogP contribution in [-0.2, 0) is 6.42 Å². The highest BCUT2D eigenvalue weighted by Gasteiger charge is 2.66. The van der Waals surface area contributed by atoms with Crippen molar-refractivity contribution in [1.29, 1.82) is 5.26 Å². The van der Waals surface area contributed by atoms with Crippen LogP contribution >= 0.6 is 27.5 Å². The van der Waals surface area contributed by atoms with Gasteiger partial charge in [-0.2, -0.15) is 5.26 Å². The number of rotatable bonds is 2. The van der Waals surface area contributed by atoms with E-state index in [0.717, 1.165) is 6.42 Å². The predicted molar refractivity (Wildman–Crippen MR) is 60.6 cm³/mol. The Morgan fingerprint density at radius 2 is 2.07 bits per heavy atom. The normalized spacial score (nSPS) is 34.9. The van der Waals surface area contributed by atoms with Gasteiger partial charge in [-0.05, 0) is 18.4 Å². The molecule has 1 nitrogen and oxygen atoms in total. The first-order valence-electron chi connectivity index (χ1n) is 4.43. The third-order valence-corrected chi connectivity index (χ3v) is 4.66. The van der Waals surface area contributed by atoms with E-state index in [9.17, 15) is 0 Å². The summed E-state index contributed by atoms with van der Waals surface area (Å²) in [5, 5.41) is 8.87. The van der Waals surface area contributed by atoms with Crippen LogP contribution < -0.4 is 0 Å². The lowest BCUT2D eigenvalue weighted by atomic mass is 10.1. The highest BCUT2D eigenvalue weighted by atomic mass is 79.9. The van der Waals surface area contributed by atoms with Crippen LogP contribution in [0.5, 0.6) is 0 Å². The zero-order chi connectivity index (χ0) is 10.2. The molecule has 1 aliphatic carbocycles. The van der Waals surface area contributed by atoms with Gasteiger partial charge in [-0.3, -0.25) is 0 Å². The monoisotopic (exact) mass is 269 g/mol. The molecule has 1 aliphatic rings. The molecule has 0 N–H and O–H groups in total. The molecule has 1 fully saturated rings. The molecule has 2 unspecified atom stereocenters. The van der Waals surface area contributed by atoms with Crippen molar-refractivity contribution < 1.29 is 0 Å². The number of hydrogen-bond donors (Lipinski definition) is 0. The molecule has 0 heterocycles. The molecule has 1 aromatic carbocycles. The highest BCUT2D eigenvalue weighted by Crippen LogP contribution is 2.60. The second-order valence-corrected chi connectivity index (χ2v) is 5.88. The van der Waals surface area contributed by atoms with Crippen LogP contribution in [0.25, 0.3) is 0 Å². The molecular weight excluding hydrogens is 261 g/mol. The van der Waals surface area contributed by atoms with Crippen LogP contribution in [0.3, 0.4) is 0 Å². The summed E-state index contributed by atoms with van der Waals surface area (Å²) >= 11 is 9.63. The molecule has 0 aromatic heterocycles. The van der Waals surface area contributed by atoms with Gasteiger partial charge in [0.15, 0.2) is 0 Å². The van der Waals surface area contributed by atoms with E-state index in [1.807, 2.05) is 18.2 Å². The number of nitriles is 1. The Labute approximate surface area is 96.8 Å². The first kappa shape index (κ1) is 10.0. The molecule has 72 valence electrons. The maximum Gasteiger partial charge on any atom is 0.148 e.